The maximum atomic E-state index is 11.8. The molecule has 9 heteroatoms. The van der Waals surface area contributed by atoms with Crippen LogP contribution in [0.25, 0.3) is 0 Å². The average Bonchev–Trinajstić information content (AvgIpc) is 2.75. The fourth-order valence-electron chi connectivity index (χ4n) is 1.35. The second-order valence-electron chi connectivity index (χ2n) is 3.53. The lowest BCUT2D eigenvalue weighted by Crippen LogP contribution is -2.14. The summed E-state index contributed by atoms with van der Waals surface area (Å²) in [6, 6.07) is 4.30. The highest BCUT2D eigenvalue weighted by Crippen LogP contribution is 2.20. The Morgan fingerprint density at radius 1 is 1.37 bits per heavy atom. The summed E-state index contributed by atoms with van der Waals surface area (Å²) in [5.74, 6) is -1.78. The fourth-order valence-corrected chi connectivity index (χ4v) is 1.85. The summed E-state index contributed by atoms with van der Waals surface area (Å²) in [5.41, 5.74) is 5.63. The van der Waals surface area contributed by atoms with Crippen LogP contribution in [0.1, 0.15) is 21.0 Å². The number of hydrogen-bond acceptors (Lipinski definition) is 5. The molecule has 1 heterocycles. The van der Waals surface area contributed by atoms with E-state index in [0.717, 1.165) is 0 Å². The molecule has 2 rings (SSSR count). The van der Waals surface area contributed by atoms with Crippen molar-refractivity contribution in [3.05, 3.63) is 34.1 Å². The van der Waals surface area contributed by atoms with E-state index < -0.39 is 11.9 Å². The summed E-state index contributed by atoms with van der Waals surface area (Å²) in [6.07, 6.45) is 0. The standard InChI is InChI=1S/C10H8BrN5O3/c11-5-1-4(9(18)19)2-6(3-5)13-8(17)7-14-10(12)16-15-7/h1-3H,(H,13,17)(H,18,19)(H3,12,14,15,16). The normalized spacial score (nSPS) is 10.2. The number of anilines is 2. The lowest BCUT2D eigenvalue weighted by atomic mass is 10.2. The topological polar surface area (TPSA) is 134 Å². The number of hydrogen-bond donors (Lipinski definition) is 4. The molecular formula is C10H8BrN5O3. The summed E-state index contributed by atoms with van der Waals surface area (Å²) in [6.45, 7) is 0. The van der Waals surface area contributed by atoms with Crippen LogP contribution in [-0.4, -0.2) is 32.2 Å². The molecule has 19 heavy (non-hydrogen) atoms. The molecule has 0 unspecified atom stereocenters. The van der Waals surface area contributed by atoms with Crippen molar-refractivity contribution in [1.82, 2.24) is 15.2 Å². The SMILES string of the molecule is Nc1n[nH]c(C(=O)Nc2cc(Br)cc(C(=O)O)c2)n1. The molecule has 0 radical (unpaired) electrons. The first kappa shape index (κ1) is 13.0. The highest BCUT2D eigenvalue weighted by atomic mass is 79.9. The Morgan fingerprint density at radius 3 is 2.68 bits per heavy atom. The van der Waals surface area contributed by atoms with Crippen LogP contribution in [0, 0.1) is 0 Å². The van der Waals surface area contributed by atoms with Crippen molar-refractivity contribution in [2.45, 2.75) is 0 Å². The lowest BCUT2D eigenvalue weighted by molar-refractivity contribution is 0.0696. The molecule has 0 saturated carbocycles. The minimum atomic E-state index is -1.10. The Hall–Kier alpha value is -2.42. The number of rotatable bonds is 3. The molecule has 1 amide bonds. The number of nitrogens with zero attached hydrogens (tertiary/aromatic N) is 2. The quantitative estimate of drug-likeness (QED) is 0.667. The number of nitrogens with one attached hydrogen (secondary N) is 2. The molecule has 5 N–H and O–H groups in total. The van der Waals surface area contributed by atoms with Crippen molar-refractivity contribution >= 4 is 39.4 Å². The first-order chi connectivity index (χ1) is 8.95. The molecule has 8 nitrogen and oxygen atoms in total. The molecule has 1 aromatic heterocycles. The zero-order chi connectivity index (χ0) is 14.0. The Morgan fingerprint density at radius 2 is 2.11 bits per heavy atom. The first-order valence-electron chi connectivity index (χ1n) is 4.99. The zero-order valence-electron chi connectivity index (χ0n) is 9.35. The van der Waals surface area contributed by atoms with Crippen LogP contribution < -0.4 is 11.1 Å². The number of carbonyl (C=O) groups excluding carboxylic acids is 1. The Bertz CT molecular complexity index is 654. The van der Waals surface area contributed by atoms with Crippen LogP contribution in [0.4, 0.5) is 11.6 Å². The number of H-pyrrole nitrogens is 1. The van der Waals surface area contributed by atoms with E-state index in [2.05, 4.69) is 36.4 Å². The van der Waals surface area contributed by atoms with E-state index in [9.17, 15) is 9.59 Å². The lowest BCUT2D eigenvalue weighted by Gasteiger charge is -2.05. The minimum Gasteiger partial charge on any atom is -0.478 e. The monoisotopic (exact) mass is 325 g/mol. The number of halogens is 1. The Kier molecular flexibility index (Phi) is 3.47. The van der Waals surface area contributed by atoms with Gasteiger partial charge in [0.05, 0.1) is 5.56 Å². The largest absolute Gasteiger partial charge is 0.478 e. The molecule has 0 bridgehead atoms. The van der Waals surface area contributed by atoms with Gasteiger partial charge >= 0.3 is 5.97 Å². The fraction of sp³-hybridized carbons (Fsp3) is 0. The van der Waals surface area contributed by atoms with Gasteiger partial charge < -0.3 is 16.2 Å². The number of carboxylic acid groups (broad SMARTS) is 1. The smallest absolute Gasteiger partial charge is 0.335 e. The minimum absolute atomic E-state index is 0.0433. The summed E-state index contributed by atoms with van der Waals surface area (Å²) < 4.78 is 0.528. The maximum absolute atomic E-state index is 11.8. The Balaban J connectivity index is 2.23. The predicted octanol–water partition coefficient (Wildman–Crippen LogP) is 1.10. The van der Waals surface area contributed by atoms with Crippen molar-refractivity contribution in [1.29, 1.82) is 0 Å². The van der Waals surface area contributed by atoms with Crippen LogP contribution in [0.2, 0.25) is 0 Å². The number of aromatic amines is 1. The van der Waals surface area contributed by atoms with E-state index in [0.29, 0.717) is 10.2 Å². The summed E-state index contributed by atoms with van der Waals surface area (Å²) >= 11 is 3.16. The van der Waals surface area contributed by atoms with E-state index in [4.69, 9.17) is 10.8 Å². The average molecular weight is 326 g/mol. The number of amides is 1. The molecule has 0 atom stereocenters. The van der Waals surface area contributed by atoms with Gasteiger partial charge in [-0.2, -0.15) is 4.98 Å². The van der Waals surface area contributed by atoms with Crippen LogP contribution in [0.15, 0.2) is 22.7 Å². The van der Waals surface area contributed by atoms with E-state index in [-0.39, 0.29) is 17.3 Å². The van der Waals surface area contributed by atoms with Crippen molar-refractivity contribution in [2.75, 3.05) is 11.1 Å². The van der Waals surface area contributed by atoms with Gasteiger partial charge in [0.15, 0.2) is 0 Å². The van der Waals surface area contributed by atoms with Gasteiger partial charge in [-0.25, -0.2) is 4.79 Å². The second-order valence-corrected chi connectivity index (χ2v) is 4.45. The van der Waals surface area contributed by atoms with Gasteiger partial charge in [0.1, 0.15) is 0 Å². The van der Waals surface area contributed by atoms with Crippen molar-refractivity contribution in [3.63, 3.8) is 0 Å². The van der Waals surface area contributed by atoms with E-state index in [1.165, 1.54) is 12.1 Å². The molecule has 0 aliphatic rings. The van der Waals surface area contributed by atoms with Gasteiger partial charge in [0.2, 0.25) is 11.8 Å². The number of nitrogen functional groups attached to an aromatic ring is 1. The van der Waals surface area contributed by atoms with Gasteiger partial charge in [0.25, 0.3) is 5.91 Å². The molecule has 2 aromatic rings. The van der Waals surface area contributed by atoms with Crippen LogP contribution >= 0.6 is 15.9 Å². The van der Waals surface area contributed by atoms with Crippen LogP contribution in [0.5, 0.6) is 0 Å². The molecular weight excluding hydrogens is 318 g/mol. The number of carboxylic acids is 1. The highest BCUT2D eigenvalue weighted by molar-refractivity contribution is 9.10. The zero-order valence-corrected chi connectivity index (χ0v) is 10.9. The third-order valence-corrected chi connectivity index (χ3v) is 2.58. The van der Waals surface area contributed by atoms with Gasteiger partial charge in [0, 0.05) is 10.2 Å². The van der Waals surface area contributed by atoms with Crippen LogP contribution in [-0.2, 0) is 0 Å². The van der Waals surface area contributed by atoms with Gasteiger partial charge in [-0.15, -0.1) is 5.10 Å². The number of aromatic carboxylic acids is 1. The van der Waals surface area contributed by atoms with E-state index in [1.54, 1.807) is 6.07 Å². The van der Waals surface area contributed by atoms with E-state index in [1.807, 2.05) is 0 Å². The molecule has 0 aliphatic heterocycles. The molecule has 98 valence electrons. The number of carbonyl (C=O) groups is 2. The van der Waals surface area contributed by atoms with Crippen LogP contribution in [0.3, 0.4) is 0 Å². The molecule has 0 saturated heterocycles. The van der Waals surface area contributed by atoms with Crippen molar-refractivity contribution < 1.29 is 14.7 Å². The van der Waals surface area contributed by atoms with Gasteiger partial charge in [-0.05, 0) is 18.2 Å². The number of aromatic nitrogens is 3. The highest BCUT2D eigenvalue weighted by Gasteiger charge is 2.13. The molecule has 1 aromatic carbocycles. The number of nitrogens with two attached hydrogens (primary N) is 1. The van der Waals surface area contributed by atoms with Crippen molar-refractivity contribution in [3.8, 4) is 0 Å². The third kappa shape index (κ3) is 3.07. The first-order valence-corrected chi connectivity index (χ1v) is 5.78. The summed E-state index contributed by atoms with van der Waals surface area (Å²) in [5, 5.41) is 17.3. The molecule has 0 fully saturated rings. The molecule has 0 aliphatic carbocycles. The van der Waals surface area contributed by atoms with Crippen molar-refractivity contribution in [2.24, 2.45) is 0 Å². The van der Waals surface area contributed by atoms with Gasteiger partial charge in [-0.1, -0.05) is 15.9 Å². The predicted molar refractivity (Wildman–Crippen MR) is 69.8 cm³/mol. The van der Waals surface area contributed by atoms with E-state index >= 15 is 0 Å². The van der Waals surface area contributed by atoms with Gasteiger partial charge in [-0.3, -0.25) is 9.89 Å². The summed E-state index contributed by atoms with van der Waals surface area (Å²) in [4.78, 5) is 26.3. The summed E-state index contributed by atoms with van der Waals surface area (Å²) in [7, 11) is 0. The molecule has 0 spiro atoms. The second kappa shape index (κ2) is 5.06. The third-order valence-electron chi connectivity index (χ3n) is 2.12. The maximum Gasteiger partial charge on any atom is 0.335 e. The number of benzene rings is 1. The Labute approximate surface area is 115 Å².